The van der Waals surface area contributed by atoms with Crippen LogP contribution in [0.15, 0.2) is 81.7 Å². The van der Waals surface area contributed by atoms with E-state index in [4.69, 9.17) is 9.47 Å². The number of hydrogen-bond acceptors (Lipinski definition) is 6. The fourth-order valence-corrected chi connectivity index (χ4v) is 6.09. The summed E-state index contributed by atoms with van der Waals surface area (Å²) in [6.07, 6.45) is -1.17. The summed E-state index contributed by atoms with van der Waals surface area (Å²) in [4.78, 5) is 4.49. The lowest BCUT2D eigenvalue weighted by molar-refractivity contribution is 0.0239. The SMILES string of the molecule is OC(COc1ccc2ccccc2c1Br)CN1CCN(CC(O)COc2ccc3ccccc3c2Br)CC1. The van der Waals surface area contributed by atoms with Gasteiger partial charge in [-0.25, -0.2) is 0 Å². The number of ether oxygens (including phenoxy) is 2. The van der Waals surface area contributed by atoms with Crippen LogP contribution in [0, 0.1) is 0 Å². The van der Waals surface area contributed by atoms with Gasteiger partial charge in [-0.15, -0.1) is 0 Å². The van der Waals surface area contributed by atoms with Crippen LogP contribution in [-0.2, 0) is 0 Å². The second kappa shape index (κ2) is 12.8. The van der Waals surface area contributed by atoms with Gasteiger partial charge in [0.25, 0.3) is 0 Å². The predicted molar refractivity (Wildman–Crippen MR) is 159 cm³/mol. The minimum Gasteiger partial charge on any atom is -0.490 e. The molecule has 0 bridgehead atoms. The summed E-state index contributed by atoms with van der Waals surface area (Å²) in [5.74, 6) is 1.47. The standard InChI is InChI=1S/C30H32Br2N2O4/c31-29-25-7-3-1-5-21(25)9-11-27(29)37-19-23(35)17-33-13-15-34(16-14-33)18-24(36)20-38-28-12-10-22-6-2-4-8-26(22)30(28)32/h1-12,23-24,35-36H,13-20H2. The van der Waals surface area contributed by atoms with Crippen molar-refractivity contribution in [3.8, 4) is 11.5 Å². The van der Waals surface area contributed by atoms with Crippen LogP contribution < -0.4 is 9.47 Å². The van der Waals surface area contributed by atoms with Gasteiger partial charge in [0.15, 0.2) is 0 Å². The number of benzene rings is 4. The van der Waals surface area contributed by atoms with Gasteiger partial charge in [0.1, 0.15) is 36.9 Å². The predicted octanol–water partition coefficient (Wildman–Crippen LogP) is 5.32. The van der Waals surface area contributed by atoms with Gasteiger partial charge in [0.05, 0.1) is 8.95 Å². The van der Waals surface area contributed by atoms with Gasteiger partial charge in [-0.3, -0.25) is 9.80 Å². The van der Waals surface area contributed by atoms with Gasteiger partial charge in [-0.05, 0) is 65.5 Å². The third kappa shape index (κ3) is 6.68. The molecule has 1 aliphatic heterocycles. The van der Waals surface area contributed by atoms with Gasteiger partial charge < -0.3 is 19.7 Å². The Morgan fingerprint density at radius 3 is 1.42 bits per heavy atom. The Morgan fingerprint density at radius 1 is 0.605 bits per heavy atom. The molecule has 0 radical (unpaired) electrons. The summed E-state index contributed by atoms with van der Waals surface area (Å²) in [5, 5.41) is 25.6. The number of aliphatic hydroxyl groups excluding tert-OH is 2. The highest BCUT2D eigenvalue weighted by molar-refractivity contribution is 9.11. The molecule has 0 spiro atoms. The van der Waals surface area contributed by atoms with E-state index in [9.17, 15) is 10.2 Å². The number of β-amino-alcohol motifs (C(OH)–C–C–N with tert-alkyl or cyclic N) is 2. The van der Waals surface area contributed by atoms with Crippen LogP contribution in [0.2, 0.25) is 0 Å². The fourth-order valence-electron chi connectivity index (χ4n) is 4.88. The number of aliphatic hydroxyl groups is 2. The van der Waals surface area contributed by atoms with Gasteiger partial charge in [-0.1, -0.05) is 60.7 Å². The molecule has 6 nitrogen and oxygen atoms in total. The van der Waals surface area contributed by atoms with Gasteiger partial charge >= 0.3 is 0 Å². The van der Waals surface area contributed by atoms with E-state index in [-0.39, 0.29) is 13.2 Å². The van der Waals surface area contributed by atoms with Crippen molar-refractivity contribution in [1.82, 2.24) is 9.80 Å². The number of rotatable bonds is 10. The lowest BCUT2D eigenvalue weighted by atomic mass is 10.1. The average Bonchev–Trinajstić information content (AvgIpc) is 2.94. The molecular weight excluding hydrogens is 612 g/mol. The Hall–Kier alpha value is -2.20. The minimum absolute atomic E-state index is 0.234. The van der Waals surface area contributed by atoms with Gasteiger partial charge in [-0.2, -0.15) is 0 Å². The summed E-state index contributed by atoms with van der Waals surface area (Å²) in [5.41, 5.74) is 0. The summed E-state index contributed by atoms with van der Waals surface area (Å²) >= 11 is 7.28. The topological polar surface area (TPSA) is 65.4 Å². The van der Waals surface area contributed by atoms with Crippen molar-refractivity contribution in [1.29, 1.82) is 0 Å². The van der Waals surface area contributed by atoms with Crippen LogP contribution in [0.3, 0.4) is 0 Å². The Morgan fingerprint density at radius 2 is 1.00 bits per heavy atom. The monoisotopic (exact) mass is 642 g/mol. The van der Waals surface area contributed by atoms with E-state index < -0.39 is 12.2 Å². The highest BCUT2D eigenvalue weighted by Gasteiger charge is 2.22. The van der Waals surface area contributed by atoms with E-state index in [1.165, 1.54) is 0 Å². The van der Waals surface area contributed by atoms with E-state index in [2.05, 4.69) is 53.8 Å². The van der Waals surface area contributed by atoms with Crippen molar-refractivity contribution in [3.05, 3.63) is 81.7 Å². The number of hydrogen-bond donors (Lipinski definition) is 2. The molecule has 1 heterocycles. The van der Waals surface area contributed by atoms with Crippen molar-refractivity contribution in [2.75, 3.05) is 52.5 Å². The van der Waals surface area contributed by atoms with E-state index in [1.54, 1.807) is 0 Å². The molecule has 1 fully saturated rings. The Bertz CT molecular complexity index is 1270. The van der Waals surface area contributed by atoms with E-state index in [0.29, 0.717) is 13.1 Å². The Balaban J connectivity index is 1.03. The molecule has 1 aliphatic rings. The molecule has 0 amide bonds. The summed E-state index contributed by atoms with van der Waals surface area (Å²) in [7, 11) is 0. The lowest BCUT2D eigenvalue weighted by Gasteiger charge is -2.36. The zero-order chi connectivity index (χ0) is 26.5. The first-order valence-corrected chi connectivity index (χ1v) is 14.5. The summed E-state index contributed by atoms with van der Waals surface area (Å²) in [6, 6.07) is 24.2. The highest BCUT2D eigenvalue weighted by Crippen LogP contribution is 2.34. The molecule has 2 unspecified atom stereocenters. The fraction of sp³-hybridized carbons (Fsp3) is 0.333. The molecule has 0 saturated carbocycles. The molecule has 0 aliphatic carbocycles. The van der Waals surface area contributed by atoms with Gasteiger partial charge in [0.2, 0.25) is 0 Å². The van der Waals surface area contributed by atoms with Crippen LogP contribution in [0.25, 0.3) is 21.5 Å². The van der Waals surface area contributed by atoms with Crippen LogP contribution in [0.5, 0.6) is 11.5 Å². The minimum atomic E-state index is -0.584. The third-order valence-electron chi connectivity index (χ3n) is 6.92. The largest absolute Gasteiger partial charge is 0.490 e. The normalized spacial score (nSPS) is 16.5. The molecule has 1 saturated heterocycles. The van der Waals surface area contributed by atoms with Crippen molar-refractivity contribution in [2.24, 2.45) is 0 Å². The second-order valence-electron chi connectivity index (χ2n) is 9.73. The van der Waals surface area contributed by atoms with Crippen LogP contribution in [0.1, 0.15) is 0 Å². The van der Waals surface area contributed by atoms with Crippen molar-refractivity contribution in [3.63, 3.8) is 0 Å². The number of nitrogens with zero attached hydrogens (tertiary/aromatic N) is 2. The maximum Gasteiger partial charge on any atom is 0.134 e. The number of halogens is 2. The Labute approximate surface area is 240 Å². The smallest absolute Gasteiger partial charge is 0.134 e. The molecule has 8 heteroatoms. The Kier molecular flexibility index (Phi) is 9.20. The maximum atomic E-state index is 10.6. The molecule has 2 N–H and O–H groups in total. The van der Waals surface area contributed by atoms with Crippen LogP contribution in [-0.4, -0.2) is 84.7 Å². The zero-order valence-electron chi connectivity index (χ0n) is 21.1. The molecule has 5 rings (SSSR count). The van der Waals surface area contributed by atoms with Gasteiger partial charge in [0, 0.05) is 39.3 Å². The molecular formula is C30H32Br2N2O4. The highest BCUT2D eigenvalue weighted by atomic mass is 79.9. The van der Waals surface area contributed by atoms with E-state index in [1.807, 2.05) is 60.7 Å². The molecule has 0 aromatic heterocycles. The molecule has 2 atom stereocenters. The molecule has 38 heavy (non-hydrogen) atoms. The first kappa shape index (κ1) is 27.4. The second-order valence-corrected chi connectivity index (χ2v) is 11.3. The third-order valence-corrected chi connectivity index (χ3v) is 8.56. The van der Waals surface area contributed by atoms with E-state index >= 15 is 0 Å². The van der Waals surface area contributed by atoms with Crippen molar-refractivity contribution in [2.45, 2.75) is 12.2 Å². The van der Waals surface area contributed by atoms with Crippen molar-refractivity contribution < 1.29 is 19.7 Å². The van der Waals surface area contributed by atoms with E-state index in [0.717, 1.165) is 68.2 Å². The summed E-state index contributed by atoms with van der Waals surface area (Å²) in [6.45, 7) is 4.92. The van der Waals surface area contributed by atoms with Crippen molar-refractivity contribution >= 4 is 53.4 Å². The zero-order valence-corrected chi connectivity index (χ0v) is 24.3. The number of fused-ring (bicyclic) bond motifs is 2. The molecule has 200 valence electrons. The quantitative estimate of drug-likeness (QED) is 0.244. The first-order chi connectivity index (χ1) is 18.5. The lowest BCUT2D eigenvalue weighted by Crippen LogP contribution is -2.51. The number of piperazine rings is 1. The van der Waals surface area contributed by atoms with Crippen LogP contribution >= 0.6 is 31.9 Å². The maximum absolute atomic E-state index is 10.6. The average molecular weight is 644 g/mol. The van der Waals surface area contributed by atoms with Crippen LogP contribution in [0.4, 0.5) is 0 Å². The molecule has 4 aromatic rings. The summed E-state index contributed by atoms with van der Waals surface area (Å²) < 4.78 is 13.7. The first-order valence-electron chi connectivity index (χ1n) is 12.9. The molecule has 4 aromatic carbocycles.